The first kappa shape index (κ1) is 17.6. The molecule has 0 radical (unpaired) electrons. The quantitative estimate of drug-likeness (QED) is 0.667. The van der Waals surface area contributed by atoms with Crippen LogP contribution in [0.3, 0.4) is 0 Å². The Kier molecular flexibility index (Phi) is 4.31. The van der Waals surface area contributed by atoms with Crippen LogP contribution in [-0.4, -0.2) is 29.9 Å². The van der Waals surface area contributed by atoms with Crippen molar-refractivity contribution in [3.05, 3.63) is 83.7 Å². The number of pyridine rings is 1. The summed E-state index contributed by atoms with van der Waals surface area (Å²) in [5.41, 5.74) is 4.21. The lowest BCUT2D eigenvalue weighted by molar-refractivity contribution is -0.0192. The van der Waals surface area contributed by atoms with Crippen LogP contribution < -0.4 is 14.2 Å². The average molecular weight is 387 g/mol. The van der Waals surface area contributed by atoms with Gasteiger partial charge >= 0.3 is 0 Å². The molecule has 2 aliphatic rings. The molecule has 6 nitrogen and oxygen atoms in total. The van der Waals surface area contributed by atoms with E-state index < -0.39 is 0 Å². The summed E-state index contributed by atoms with van der Waals surface area (Å²) < 4.78 is 17.1. The fourth-order valence-electron chi connectivity index (χ4n) is 3.90. The zero-order valence-corrected chi connectivity index (χ0v) is 16.3. The van der Waals surface area contributed by atoms with Crippen molar-refractivity contribution in [3.63, 3.8) is 0 Å². The Labute approximate surface area is 169 Å². The fourth-order valence-corrected chi connectivity index (χ4v) is 3.90. The summed E-state index contributed by atoms with van der Waals surface area (Å²) in [5, 5.41) is 7.02. The standard InChI is InChI=1S/C23H21N3O3/c1-27-17-5-3-15(4-6-17)20-14-21-19-13-18(28-2)7-8-22(19)29-23(26(21)25-20)16-9-11-24-12-10-16/h3-13,21,23H,14H2,1-2H3/t21-,23-/m0/s1. The van der Waals surface area contributed by atoms with E-state index in [1.165, 1.54) is 0 Å². The fraction of sp³-hybridized carbons (Fsp3) is 0.217. The van der Waals surface area contributed by atoms with Crippen LogP contribution in [0.15, 0.2) is 72.1 Å². The molecule has 0 amide bonds. The van der Waals surface area contributed by atoms with Crippen molar-refractivity contribution in [1.82, 2.24) is 9.99 Å². The molecule has 29 heavy (non-hydrogen) atoms. The summed E-state index contributed by atoms with van der Waals surface area (Å²) in [6, 6.07) is 18.0. The molecule has 2 aliphatic heterocycles. The number of nitrogens with zero attached hydrogens (tertiary/aromatic N) is 3. The Morgan fingerprint density at radius 3 is 2.38 bits per heavy atom. The van der Waals surface area contributed by atoms with Gasteiger partial charge in [0.05, 0.1) is 26.0 Å². The minimum atomic E-state index is -0.306. The van der Waals surface area contributed by atoms with Gasteiger partial charge in [-0.2, -0.15) is 5.10 Å². The van der Waals surface area contributed by atoms with Gasteiger partial charge in [0.2, 0.25) is 6.23 Å². The molecule has 6 heteroatoms. The minimum Gasteiger partial charge on any atom is -0.497 e. The first-order chi connectivity index (χ1) is 14.3. The monoisotopic (exact) mass is 387 g/mol. The van der Waals surface area contributed by atoms with Gasteiger partial charge in [-0.15, -0.1) is 0 Å². The summed E-state index contributed by atoms with van der Waals surface area (Å²) in [6.07, 6.45) is 4.04. The van der Waals surface area contributed by atoms with E-state index in [-0.39, 0.29) is 12.3 Å². The van der Waals surface area contributed by atoms with Crippen molar-refractivity contribution in [1.29, 1.82) is 0 Å². The lowest BCUT2D eigenvalue weighted by Gasteiger charge is -2.38. The Morgan fingerprint density at radius 2 is 1.66 bits per heavy atom. The third-order valence-electron chi connectivity index (χ3n) is 5.41. The molecule has 3 heterocycles. The maximum absolute atomic E-state index is 6.37. The van der Waals surface area contributed by atoms with Crippen molar-refractivity contribution in [2.75, 3.05) is 14.2 Å². The second-order valence-electron chi connectivity index (χ2n) is 7.03. The van der Waals surface area contributed by atoms with Crippen molar-refractivity contribution >= 4 is 5.71 Å². The highest BCUT2D eigenvalue weighted by Gasteiger charge is 2.41. The number of rotatable bonds is 4. The predicted molar refractivity (Wildman–Crippen MR) is 109 cm³/mol. The number of benzene rings is 2. The SMILES string of the molecule is COc1ccc(C2=NN3[C@@H](C2)c2cc(OC)ccc2O[C@H]3c2ccncc2)cc1. The van der Waals surface area contributed by atoms with Gasteiger partial charge in [0.1, 0.15) is 17.2 Å². The zero-order valence-electron chi connectivity index (χ0n) is 16.3. The normalized spacial score (nSPS) is 19.7. The van der Waals surface area contributed by atoms with E-state index in [1.54, 1.807) is 26.6 Å². The molecule has 0 fully saturated rings. The van der Waals surface area contributed by atoms with Gasteiger partial charge in [0, 0.05) is 29.9 Å². The van der Waals surface area contributed by atoms with Crippen LogP contribution in [0.5, 0.6) is 17.2 Å². The van der Waals surface area contributed by atoms with E-state index in [1.807, 2.05) is 54.6 Å². The smallest absolute Gasteiger partial charge is 0.213 e. The van der Waals surface area contributed by atoms with Crippen molar-refractivity contribution in [3.8, 4) is 17.2 Å². The number of ether oxygens (including phenoxy) is 3. The molecule has 0 saturated heterocycles. The van der Waals surface area contributed by atoms with Gasteiger partial charge in [0.15, 0.2) is 0 Å². The van der Waals surface area contributed by atoms with Gasteiger partial charge in [0.25, 0.3) is 0 Å². The van der Waals surface area contributed by atoms with E-state index in [0.717, 1.165) is 46.1 Å². The first-order valence-corrected chi connectivity index (χ1v) is 9.51. The highest BCUT2D eigenvalue weighted by molar-refractivity contribution is 6.02. The van der Waals surface area contributed by atoms with Crippen LogP contribution in [0, 0.1) is 0 Å². The zero-order chi connectivity index (χ0) is 19.8. The summed E-state index contributed by atoms with van der Waals surface area (Å²) in [6.45, 7) is 0. The predicted octanol–water partition coefficient (Wildman–Crippen LogP) is 4.34. The molecule has 2 aromatic carbocycles. The molecule has 0 N–H and O–H groups in total. The maximum atomic E-state index is 6.37. The molecule has 0 unspecified atom stereocenters. The summed E-state index contributed by atoms with van der Waals surface area (Å²) >= 11 is 0. The molecule has 1 aromatic heterocycles. The largest absolute Gasteiger partial charge is 0.497 e. The number of fused-ring (bicyclic) bond motifs is 3. The molecule has 146 valence electrons. The van der Waals surface area contributed by atoms with Crippen LogP contribution in [0.4, 0.5) is 0 Å². The molecule has 2 atom stereocenters. The molecule has 0 saturated carbocycles. The topological polar surface area (TPSA) is 56.2 Å². The molecule has 0 aliphatic carbocycles. The van der Waals surface area contributed by atoms with Gasteiger partial charge in [-0.05, 0) is 60.2 Å². The van der Waals surface area contributed by atoms with Gasteiger partial charge in [-0.1, -0.05) is 0 Å². The molecular weight excluding hydrogens is 366 g/mol. The Balaban J connectivity index is 1.57. The lowest BCUT2D eigenvalue weighted by atomic mass is 9.95. The highest BCUT2D eigenvalue weighted by Crippen LogP contribution is 2.48. The number of hydrogen-bond donors (Lipinski definition) is 0. The number of hydrogen-bond acceptors (Lipinski definition) is 6. The van der Waals surface area contributed by atoms with Crippen LogP contribution >= 0.6 is 0 Å². The van der Waals surface area contributed by atoms with Gasteiger partial charge in [-0.25, -0.2) is 5.01 Å². The third-order valence-corrected chi connectivity index (χ3v) is 5.41. The van der Waals surface area contributed by atoms with Crippen LogP contribution in [0.2, 0.25) is 0 Å². The van der Waals surface area contributed by atoms with Crippen LogP contribution in [0.1, 0.15) is 35.4 Å². The van der Waals surface area contributed by atoms with Crippen LogP contribution in [-0.2, 0) is 0 Å². The molecule has 0 spiro atoms. The molecular formula is C23H21N3O3. The second-order valence-corrected chi connectivity index (χ2v) is 7.03. The van der Waals surface area contributed by atoms with Gasteiger partial charge in [-0.3, -0.25) is 4.98 Å². The summed E-state index contributed by atoms with van der Waals surface area (Å²) in [7, 11) is 3.35. The van der Waals surface area contributed by atoms with Crippen LogP contribution in [0.25, 0.3) is 0 Å². The van der Waals surface area contributed by atoms with E-state index in [4.69, 9.17) is 19.3 Å². The summed E-state index contributed by atoms with van der Waals surface area (Å²) in [4.78, 5) is 4.13. The highest BCUT2D eigenvalue weighted by atomic mass is 16.5. The lowest BCUT2D eigenvalue weighted by Crippen LogP contribution is -2.33. The van der Waals surface area contributed by atoms with E-state index in [2.05, 4.69) is 9.99 Å². The van der Waals surface area contributed by atoms with Crippen molar-refractivity contribution < 1.29 is 14.2 Å². The average Bonchev–Trinajstić information content (AvgIpc) is 3.24. The van der Waals surface area contributed by atoms with E-state index >= 15 is 0 Å². The minimum absolute atomic E-state index is 0.0733. The number of methoxy groups -OCH3 is 2. The molecule has 0 bridgehead atoms. The number of aromatic nitrogens is 1. The Morgan fingerprint density at radius 1 is 0.931 bits per heavy atom. The van der Waals surface area contributed by atoms with Gasteiger partial charge < -0.3 is 14.2 Å². The van der Waals surface area contributed by atoms with E-state index in [0.29, 0.717) is 0 Å². The Bertz CT molecular complexity index is 1050. The molecule has 5 rings (SSSR count). The maximum Gasteiger partial charge on any atom is 0.213 e. The molecule has 3 aromatic rings. The van der Waals surface area contributed by atoms with E-state index in [9.17, 15) is 0 Å². The second kappa shape index (κ2) is 7.13. The Hall–Kier alpha value is -3.54. The van der Waals surface area contributed by atoms with Crippen molar-refractivity contribution in [2.45, 2.75) is 18.7 Å². The van der Waals surface area contributed by atoms with Crippen molar-refractivity contribution in [2.24, 2.45) is 5.10 Å². The first-order valence-electron chi connectivity index (χ1n) is 9.51. The number of hydrazone groups is 1. The third kappa shape index (κ3) is 3.06. The summed E-state index contributed by atoms with van der Waals surface area (Å²) in [5.74, 6) is 2.51.